The number of hydrogen-bond acceptors (Lipinski definition) is 4. The zero-order valence-corrected chi connectivity index (χ0v) is 15.0. The summed E-state index contributed by atoms with van der Waals surface area (Å²) in [5.41, 5.74) is 4.73. The number of hydrogen-bond donors (Lipinski definition) is 1. The van der Waals surface area contributed by atoms with E-state index in [-0.39, 0.29) is 5.91 Å². The first kappa shape index (κ1) is 16.7. The minimum Gasteiger partial charge on any atom is -0.319 e. The molecule has 0 bridgehead atoms. The number of carbonyl (C=O) groups is 1. The highest BCUT2D eigenvalue weighted by atomic mass is 16.1. The molecule has 0 saturated heterocycles. The maximum Gasteiger partial charge on any atom is 0.255 e. The topological polar surface area (TPSA) is 77.6 Å². The first-order valence-electron chi connectivity index (χ1n) is 8.51. The summed E-state index contributed by atoms with van der Waals surface area (Å²) in [5, 5.41) is 11.6. The first-order valence-corrected chi connectivity index (χ1v) is 8.51. The van der Waals surface area contributed by atoms with Gasteiger partial charge in [-0.2, -0.15) is 10.2 Å². The summed E-state index contributed by atoms with van der Waals surface area (Å²) >= 11 is 0. The fraction of sp³-hybridized carbons (Fsp3) is 0.100. The molecule has 4 rings (SSSR count). The van der Waals surface area contributed by atoms with Crippen molar-refractivity contribution in [1.29, 1.82) is 0 Å². The number of aryl methyl sites for hydroxylation is 1. The number of rotatable bonds is 4. The van der Waals surface area contributed by atoms with Crippen LogP contribution >= 0.6 is 0 Å². The molecule has 0 saturated carbocycles. The molecule has 4 aromatic rings. The molecule has 0 unspecified atom stereocenters. The van der Waals surface area contributed by atoms with E-state index in [2.05, 4.69) is 20.5 Å². The van der Waals surface area contributed by atoms with Crippen LogP contribution in [0.3, 0.4) is 0 Å². The van der Waals surface area contributed by atoms with Crippen molar-refractivity contribution in [3.8, 4) is 11.4 Å². The molecule has 134 valence electrons. The average molecular weight is 358 g/mol. The number of carbonyl (C=O) groups excluding carboxylic acids is 1. The third-order valence-corrected chi connectivity index (χ3v) is 4.34. The van der Waals surface area contributed by atoms with Crippen molar-refractivity contribution in [1.82, 2.24) is 24.5 Å². The molecule has 2 heterocycles. The summed E-state index contributed by atoms with van der Waals surface area (Å²) in [4.78, 5) is 16.6. The van der Waals surface area contributed by atoms with Crippen molar-refractivity contribution < 1.29 is 4.79 Å². The predicted octanol–water partition coefficient (Wildman–Crippen LogP) is 3.32. The van der Waals surface area contributed by atoms with Gasteiger partial charge >= 0.3 is 0 Å². The van der Waals surface area contributed by atoms with E-state index in [9.17, 15) is 4.79 Å². The van der Waals surface area contributed by atoms with Gasteiger partial charge in [-0.3, -0.25) is 4.79 Å². The summed E-state index contributed by atoms with van der Waals surface area (Å²) in [6.45, 7) is 3.83. The van der Waals surface area contributed by atoms with Crippen molar-refractivity contribution in [2.75, 3.05) is 5.32 Å². The third kappa shape index (κ3) is 3.22. The third-order valence-electron chi connectivity index (χ3n) is 4.34. The lowest BCUT2D eigenvalue weighted by Gasteiger charge is -2.08. The van der Waals surface area contributed by atoms with Crippen molar-refractivity contribution in [2.24, 2.45) is 0 Å². The second-order valence-electron chi connectivity index (χ2n) is 6.13. The van der Waals surface area contributed by atoms with E-state index in [0.29, 0.717) is 5.56 Å². The normalized spacial score (nSPS) is 10.7. The maximum atomic E-state index is 12.7. The molecule has 0 spiro atoms. The molecular weight excluding hydrogens is 340 g/mol. The number of para-hydroxylation sites is 1. The molecule has 2 aromatic heterocycles. The van der Waals surface area contributed by atoms with E-state index in [1.165, 1.54) is 6.33 Å². The number of nitrogens with zero attached hydrogens (tertiary/aromatic N) is 5. The Hall–Kier alpha value is -3.74. The smallest absolute Gasteiger partial charge is 0.255 e. The van der Waals surface area contributed by atoms with Crippen LogP contribution in [-0.2, 0) is 0 Å². The van der Waals surface area contributed by atoms with Gasteiger partial charge in [-0.15, -0.1) is 0 Å². The van der Waals surface area contributed by atoms with E-state index in [1.54, 1.807) is 23.1 Å². The first-order chi connectivity index (χ1) is 13.1. The predicted molar refractivity (Wildman–Crippen MR) is 102 cm³/mol. The van der Waals surface area contributed by atoms with Gasteiger partial charge in [0.05, 0.1) is 28.5 Å². The van der Waals surface area contributed by atoms with Gasteiger partial charge < -0.3 is 5.32 Å². The monoisotopic (exact) mass is 358 g/mol. The second kappa shape index (κ2) is 6.87. The number of benzene rings is 2. The maximum absolute atomic E-state index is 12.7. The van der Waals surface area contributed by atoms with Gasteiger partial charge in [0.2, 0.25) is 0 Å². The van der Waals surface area contributed by atoms with E-state index in [4.69, 9.17) is 0 Å². The zero-order chi connectivity index (χ0) is 18.8. The molecule has 0 aliphatic carbocycles. The molecule has 0 radical (unpaired) electrons. The van der Waals surface area contributed by atoms with Gasteiger partial charge in [0.1, 0.15) is 12.7 Å². The van der Waals surface area contributed by atoms with Crippen molar-refractivity contribution >= 4 is 11.6 Å². The van der Waals surface area contributed by atoms with Gasteiger partial charge in [-0.1, -0.05) is 18.2 Å². The lowest BCUT2D eigenvalue weighted by atomic mass is 10.2. The molecule has 7 nitrogen and oxygen atoms in total. The van der Waals surface area contributed by atoms with Crippen LogP contribution in [0.5, 0.6) is 0 Å². The van der Waals surface area contributed by atoms with Crippen LogP contribution < -0.4 is 5.32 Å². The number of aromatic nitrogens is 5. The highest BCUT2D eigenvalue weighted by Gasteiger charge is 2.16. The highest BCUT2D eigenvalue weighted by Crippen LogP contribution is 2.23. The number of amides is 1. The quantitative estimate of drug-likeness (QED) is 0.607. The van der Waals surface area contributed by atoms with Crippen LogP contribution in [0.15, 0.2) is 67.3 Å². The minimum atomic E-state index is -0.182. The number of nitrogens with one attached hydrogen (secondary N) is 1. The Balaban J connectivity index is 1.57. The molecule has 0 fully saturated rings. The molecule has 0 aliphatic rings. The Kier molecular flexibility index (Phi) is 4.25. The van der Waals surface area contributed by atoms with Gasteiger partial charge in [0.25, 0.3) is 5.91 Å². The van der Waals surface area contributed by atoms with Crippen molar-refractivity contribution in [2.45, 2.75) is 13.8 Å². The SMILES string of the molecule is Cc1nn(-c2ccccc2)c(C)c1NC(=O)c1ccc(-n2cncn2)cc1. The summed E-state index contributed by atoms with van der Waals surface area (Å²) in [7, 11) is 0. The largest absolute Gasteiger partial charge is 0.319 e. The fourth-order valence-corrected chi connectivity index (χ4v) is 2.94. The van der Waals surface area contributed by atoms with E-state index >= 15 is 0 Å². The van der Waals surface area contributed by atoms with Crippen LogP contribution in [0.1, 0.15) is 21.7 Å². The Morgan fingerprint density at radius 1 is 0.963 bits per heavy atom. The van der Waals surface area contributed by atoms with Gasteiger partial charge in [0.15, 0.2) is 0 Å². The Morgan fingerprint density at radius 2 is 1.70 bits per heavy atom. The van der Waals surface area contributed by atoms with E-state index in [0.717, 1.165) is 28.5 Å². The molecule has 2 aromatic carbocycles. The Morgan fingerprint density at radius 3 is 2.37 bits per heavy atom. The van der Waals surface area contributed by atoms with Gasteiger partial charge in [-0.25, -0.2) is 14.3 Å². The zero-order valence-electron chi connectivity index (χ0n) is 15.0. The van der Waals surface area contributed by atoms with Crippen LogP contribution in [-0.4, -0.2) is 30.5 Å². The molecular formula is C20H18N6O. The second-order valence-corrected chi connectivity index (χ2v) is 6.13. The summed E-state index contributed by atoms with van der Waals surface area (Å²) in [6, 6.07) is 17.0. The molecule has 0 aliphatic heterocycles. The molecule has 1 N–H and O–H groups in total. The molecule has 0 atom stereocenters. The van der Waals surface area contributed by atoms with Crippen molar-refractivity contribution in [3.05, 3.63) is 84.2 Å². The van der Waals surface area contributed by atoms with Crippen LogP contribution in [0.2, 0.25) is 0 Å². The minimum absolute atomic E-state index is 0.182. The summed E-state index contributed by atoms with van der Waals surface area (Å²) < 4.78 is 3.47. The Bertz CT molecular complexity index is 1070. The fourth-order valence-electron chi connectivity index (χ4n) is 2.94. The molecule has 7 heteroatoms. The molecule has 27 heavy (non-hydrogen) atoms. The average Bonchev–Trinajstić information content (AvgIpc) is 3.33. The van der Waals surface area contributed by atoms with Crippen LogP contribution in [0.4, 0.5) is 5.69 Å². The number of anilines is 1. The van der Waals surface area contributed by atoms with Gasteiger partial charge in [0, 0.05) is 5.56 Å². The lowest BCUT2D eigenvalue weighted by Crippen LogP contribution is -2.13. The highest BCUT2D eigenvalue weighted by molar-refractivity contribution is 6.05. The van der Waals surface area contributed by atoms with Crippen LogP contribution in [0, 0.1) is 13.8 Å². The summed E-state index contributed by atoms with van der Waals surface area (Å²) in [6.07, 6.45) is 3.08. The van der Waals surface area contributed by atoms with Crippen molar-refractivity contribution in [3.63, 3.8) is 0 Å². The molecule has 1 amide bonds. The van der Waals surface area contributed by atoms with Gasteiger partial charge in [-0.05, 0) is 50.2 Å². The Labute approximate surface area is 156 Å². The standard InChI is InChI=1S/C20H18N6O/c1-14-19(15(2)26(24-14)18-6-4-3-5-7-18)23-20(27)16-8-10-17(11-9-16)25-13-21-12-22-25/h3-13H,1-2H3,(H,23,27). The summed E-state index contributed by atoms with van der Waals surface area (Å²) in [5.74, 6) is -0.182. The van der Waals surface area contributed by atoms with E-state index in [1.807, 2.05) is 61.0 Å². The van der Waals surface area contributed by atoms with E-state index < -0.39 is 0 Å². The van der Waals surface area contributed by atoms with Crippen LogP contribution in [0.25, 0.3) is 11.4 Å². The lowest BCUT2D eigenvalue weighted by molar-refractivity contribution is 0.102.